The number of carbonyl (C=O) groups excluding carboxylic acids is 2. The van der Waals surface area contributed by atoms with Crippen molar-refractivity contribution in [3.63, 3.8) is 0 Å². The first kappa shape index (κ1) is 33.9. The average Bonchev–Trinajstić information content (AvgIpc) is 3.44. The molecule has 0 spiro atoms. The third-order valence-electron chi connectivity index (χ3n) is 10.9. The lowest BCUT2D eigenvalue weighted by atomic mass is 9.58. The van der Waals surface area contributed by atoms with Crippen LogP contribution in [0.5, 0.6) is 17.4 Å². The van der Waals surface area contributed by atoms with E-state index < -0.39 is 37.6 Å². The zero-order valence-electron chi connectivity index (χ0n) is 29.5. The Balaban J connectivity index is 1.59. The lowest BCUT2D eigenvalue weighted by molar-refractivity contribution is -0.0480. The molecule has 0 amide bonds. The molecule has 3 aliphatic carbocycles. The molecule has 0 saturated heterocycles. The van der Waals surface area contributed by atoms with E-state index in [1.54, 1.807) is 20.3 Å². The SMILES string of the molecule is COc1cc(C)c2c(c1OC)C[C@H]1C[C@H]3[C@H](N(C)C)c4onc(OCc5ccccc5)c4C(=O)[C@@]3(O[Si](C)(C)C(C)(C)C)C(O)=C1C2=O. The molecule has 1 aromatic heterocycles. The minimum atomic E-state index is -2.81. The van der Waals surface area contributed by atoms with Crippen molar-refractivity contribution in [2.45, 2.75) is 76.9 Å². The summed E-state index contributed by atoms with van der Waals surface area (Å²) in [7, 11) is 4.13. The van der Waals surface area contributed by atoms with Crippen LogP contribution >= 0.6 is 0 Å². The van der Waals surface area contributed by atoms with Crippen molar-refractivity contribution >= 4 is 19.9 Å². The predicted octanol–water partition coefficient (Wildman–Crippen LogP) is 7.03. The second kappa shape index (κ2) is 11.9. The number of aliphatic hydroxyl groups is 1. The van der Waals surface area contributed by atoms with Crippen molar-refractivity contribution in [1.82, 2.24) is 10.1 Å². The number of fused-ring (bicyclic) bond motifs is 4. The highest BCUT2D eigenvalue weighted by Crippen LogP contribution is 2.60. The molecule has 1 N–H and O–H groups in total. The first-order valence-electron chi connectivity index (χ1n) is 16.4. The summed E-state index contributed by atoms with van der Waals surface area (Å²) in [5, 5.41) is 16.6. The second-order valence-corrected chi connectivity index (χ2v) is 19.7. The van der Waals surface area contributed by atoms with Crippen molar-refractivity contribution in [2.24, 2.45) is 11.8 Å². The van der Waals surface area contributed by atoms with Crippen LogP contribution in [0.4, 0.5) is 0 Å². The van der Waals surface area contributed by atoms with Gasteiger partial charge in [-0.3, -0.25) is 14.5 Å². The lowest BCUT2D eigenvalue weighted by Crippen LogP contribution is -2.65. The molecule has 4 atom stereocenters. The molecular weight excluding hydrogens is 628 g/mol. The molecule has 0 radical (unpaired) electrons. The van der Waals surface area contributed by atoms with E-state index in [1.165, 1.54) is 0 Å². The number of aliphatic hydroxyl groups excluding tert-OH is 1. The zero-order valence-corrected chi connectivity index (χ0v) is 30.5. The Morgan fingerprint density at radius 2 is 1.77 bits per heavy atom. The Labute approximate surface area is 283 Å². The van der Waals surface area contributed by atoms with Gasteiger partial charge in [0.25, 0.3) is 5.88 Å². The molecule has 256 valence electrons. The fourth-order valence-electron chi connectivity index (χ4n) is 7.58. The number of benzene rings is 2. The molecule has 0 unspecified atom stereocenters. The topological polar surface area (TPSA) is 121 Å². The summed E-state index contributed by atoms with van der Waals surface area (Å²) in [6, 6.07) is 10.8. The highest BCUT2D eigenvalue weighted by atomic mass is 28.4. The Kier molecular flexibility index (Phi) is 8.41. The van der Waals surface area contributed by atoms with E-state index in [9.17, 15) is 9.90 Å². The molecule has 0 saturated carbocycles. The quantitative estimate of drug-likeness (QED) is 0.250. The highest BCUT2D eigenvalue weighted by molar-refractivity contribution is 6.74. The van der Waals surface area contributed by atoms with E-state index in [4.69, 9.17) is 23.2 Å². The van der Waals surface area contributed by atoms with E-state index in [1.807, 2.05) is 56.3 Å². The normalized spacial score (nSPS) is 23.8. The molecule has 0 bridgehead atoms. The summed E-state index contributed by atoms with van der Waals surface area (Å²) in [6.07, 6.45) is 0.783. The molecule has 3 aromatic rings. The predicted molar refractivity (Wildman–Crippen MR) is 183 cm³/mol. The van der Waals surface area contributed by atoms with Crippen molar-refractivity contribution < 1.29 is 37.9 Å². The monoisotopic (exact) mass is 674 g/mol. The van der Waals surface area contributed by atoms with Gasteiger partial charge in [-0.15, -0.1) is 0 Å². The van der Waals surface area contributed by atoms with Gasteiger partial charge in [-0.25, -0.2) is 0 Å². The van der Waals surface area contributed by atoms with Gasteiger partial charge in [0.05, 0.1) is 20.3 Å². The number of methoxy groups -OCH3 is 2. The van der Waals surface area contributed by atoms with E-state index in [0.29, 0.717) is 41.2 Å². The number of nitrogens with zero attached hydrogens (tertiary/aromatic N) is 2. The Morgan fingerprint density at radius 3 is 2.38 bits per heavy atom. The Bertz CT molecular complexity index is 1810. The summed E-state index contributed by atoms with van der Waals surface area (Å²) in [5.74, 6) is -0.746. The number of ketones is 2. The Hall–Kier alpha value is -3.93. The maximum absolute atomic E-state index is 15.3. The summed E-state index contributed by atoms with van der Waals surface area (Å²) in [5.41, 5.74) is 1.26. The van der Waals surface area contributed by atoms with Crippen LogP contribution < -0.4 is 14.2 Å². The van der Waals surface area contributed by atoms with E-state index in [0.717, 1.165) is 11.1 Å². The van der Waals surface area contributed by atoms with Gasteiger partial charge < -0.3 is 28.3 Å². The molecule has 10 nitrogen and oxygen atoms in total. The van der Waals surface area contributed by atoms with Crippen molar-refractivity contribution in [3.05, 3.63) is 81.3 Å². The lowest BCUT2D eigenvalue weighted by Gasteiger charge is -2.55. The number of aryl methyl sites for hydroxylation is 1. The number of Topliss-reactive ketones (excluding diaryl/α,β-unsaturated/α-hetero) is 2. The van der Waals surface area contributed by atoms with Crippen LogP contribution in [0.2, 0.25) is 18.1 Å². The first-order chi connectivity index (χ1) is 22.6. The summed E-state index contributed by atoms with van der Waals surface area (Å²) in [4.78, 5) is 31.9. The van der Waals surface area contributed by atoms with Gasteiger partial charge in [0, 0.05) is 22.6 Å². The molecule has 3 aliphatic rings. The fourth-order valence-corrected chi connectivity index (χ4v) is 9.03. The van der Waals surface area contributed by atoms with Gasteiger partial charge in [-0.2, -0.15) is 0 Å². The van der Waals surface area contributed by atoms with E-state index in [-0.39, 0.29) is 40.2 Å². The van der Waals surface area contributed by atoms with Crippen LogP contribution in [0.1, 0.15) is 76.4 Å². The number of hydrogen-bond acceptors (Lipinski definition) is 10. The van der Waals surface area contributed by atoms with E-state index in [2.05, 4.69) is 39.0 Å². The number of carbonyl (C=O) groups is 2. The Morgan fingerprint density at radius 1 is 1.08 bits per heavy atom. The molecule has 11 heteroatoms. The van der Waals surface area contributed by atoms with Gasteiger partial charge in [0.15, 0.2) is 37.0 Å². The smallest absolute Gasteiger partial charge is 0.265 e. The standard InChI is InChI=1S/C37H46N2O8Si/c1-20-16-25(43-7)31(44-8)23-17-22-18-24-29(39(5)6)32-28(35(38-46-32)45-19-21-14-12-11-13-15-21)34(42)37(24,47-48(9,10)36(2,3)4)33(41)27(22)30(40)26(20)23/h11-16,22,24,29,41H,17-19H2,1-10H3/t22-,24-,29-,37-/m0/s1. The van der Waals surface area contributed by atoms with Crippen LogP contribution in [0.25, 0.3) is 0 Å². The number of hydrogen-bond donors (Lipinski definition) is 1. The molecule has 2 aromatic carbocycles. The molecule has 1 heterocycles. The van der Waals surface area contributed by atoms with Crippen LogP contribution in [-0.4, -0.2) is 69.0 Å². The van der Waals surface area contributed by atoms with Gasteiger partial charge in [-0.1, -0.05) is 51.1 Å². The van der Waals surface area contributed by atoms with Crippen molar-refractivity contribution in [2.75, 3.05) is 28.3 Å². The third-order valence-corrected chi connectivity index (χ3v) is 15.3. The van der Waals surface area contributed by atoms with Crippen molar-refractivity contribution in [1.29, 1.82) is 0 Å². The number of allylic oxidation sites excluding steroid dienone is 1. The first-order valence-corrected chi connectivity index (χ1v) is 19.3. The third kappa shape index (κ3) is 5.00. The molecule has 0 aliphatic heterocycles. The average molecular weight is 675 g/mol. The highest BCUT2D eigenvalue weighted by Gasteiger charge is 2.67. The van der Waals surface area contributed by atoms with Gasteiger partial charge in [0.1, 0.15) is 17.9 Å². The summed E-state index contributed by atoms with van der Waals surface area (Å²) < 4.78 is 30.7. The zero-order chi connectivity index (χ0) is 34.9. The molecule has 0 fully saturated rings. The van der Waals surface area contributed by atoms with Crippen molar-refractivity contribution in [3.8, 4) is 17.4 Å². The van der Waals surface area contributed by atoms with Gasteiger partial charge >= 0.3 is 0 Å². The summed E-state index contributed by atoms with van der Waals surface area (Å²) >= 11 is 0. The molecule has 48 heavy (non-hydrogen) atoms. The maximum Gasteiger partial charge on any atom is 0.265 e. The largest absolute Gasteiger partial charge is 0.508 e. The van der Waals surface area contributed by atoms with Gasteiger partial charge in [-0.05, 0) is 80.3 Å². The summed E-state index contributed by atoms with van der Waals surface area (Å²) in [6.45, 7) is 12.4. The number of aromatic nitrogens is 1. The number of rotatable bonds is 8. The van der Waals surface area contributed by atoms with E-state index >= 15 is 4.79 Å². The van der Waals surface area contributed by atoms with Gasteiger partial charge in [0.2, 0.25) is 5.78 Å². The fraction of sp³-hybridized carbons (Fsp3) is 0.486. The minimum absolute atomic E-state index is 0.0373. The second-order valence-electron chi connectivity index (χ2n) is 15.0. The molecular formula is C37H46N2O8Si. The van der Waals surface area contributed by atoms with Crippen LogP contribution in [-0.2, 0) is 17.5 Å². The molecule has 6 rings (SSSR count). The van der Waals surface area contributed by atoms with Crippen LogP contribution in [0, 0.1) is 18.8 Å². The minimum Gasteiger partial charge on any atom is -0.508 e. The maximum atomic E-state index is 15.3. The number of ether oxygens (including phenoxy) is 3. The van der Waals surface area contributed by atoms with Crippen LogP contribution in [0.3, 0.4) is 0 Å². The van der Waals surface area contributed by atoms with Crippen LogP contribution in [0.15, 0.2) is 52.3 Å².